The van der Waals surface area contributed by atoms with Crippen LogP contribution in [0.4, 0.5) is 0 Å². The van der Waals surface area contributed by atoms with Crippen LogP contribution in [0.2, 0.25) is 0 Å². The molecule has 1 heteroatoms. The van der Waals surface area contributed by atoms with Gasteiger partial charge in [-0.2, -0.15) is 23.8 Å². The minimum atomic E-state index is 0.163. The summed E-state index contributed by atoms with van der Waals surface area (Å²) in [5.41, 5.74) is 11.6. The summed E-state index contributed by atoms with van der Waals surface area (Å²) < 4.78 is 1.75. The van der Waals surface area contributed by atoms with Gasteiger partial charge >= 0.3 is 79.8 Å². The van der Waals surface area contributed by atoms with Crippen molar-refractivity contribution in [2.45, 2.75) is 120 Å². The number of rotatable bonds is 4. The average Bonchev–Trinajstić information content (AvgIpc) is 3.41. The first-order valence-corrected chi connectivity index (χ1v) is 15.7. The number of hydrogen-bond donors (Lipinski definition) is 0. The van der Waals surface area contributed by atoms with Crippen LogP contribution in [0.1, 0.15) is 122 Å². The first-order valence-electron chi connectivity index (χ1n) is 14.5. The molecule has 2 aromatic carbocycles. The third kappa shape index (κ3) is 9.70. The van der Waals surface area contributed by atoms with Crippen molar-refractivity contribution in [3.05, 3.63) is 82.0 Å². The number of hydrogen-bond acceptors (Lipinski definition) is 0. The summed E-state index contributed by atoms with van der Waals surface area (Å²) in [6, 6.07) is 10.9. The van der Waals surface area contributed by atoms with E-state index in [0.29, 0.717) is 0 Å². The van der Waals surface area contributed by atoms with Crippen molar-refractivity contribution in [1.82, 2.24) is 0 Å². The molecule has 0 spiro atoms. The van der Waals surface area contributed by atoms with Gasteiger partial charge in [0.15, 0.2) is 0 Å². The van der Waals surface area contributed by atoms with E-state index in [2.05, 4.69) is 120 Å². The van der Waals surface area contributed by atoms with E-state index in [1.54, 1.807) is 27.4 Å². The average molecular weight is 588 g/mol. The molecular weight excluding hydrogens is 536 g/mol. The molecule has 2 aromatic rings. The largest absolute Gasteiger partial charge is 0.273 e. The second-order valence-corrected chi connectivity index (χ2v) is 15.7. The fraction of sp³-hybridized carbons (Fsp3) is 0.541. The molecule has 0 radical (unpaired) electrons. The van der Waals surface area contributed by atoms with E-state index in [9.17, 15) is 0 Å². The maximum absolute atomic E-state index is 3.69. The first kappa shape index (κ1) is 32.9. The topological polar surface area (TPSA) is 0 Å². The molecule has 38 heavy (non-hydrogen) atoms. The van der Waals surface area contributed by atoms with E-state index in [1.165, 1.54) is 57.3 Å². The summed E-state index contributed by atoms with van der Waals surface area (Å²) in [7, 11) is 0. The summed E-state index contributed by atoms with van der Waals surface area (Å²) in [5, 5.41) is 0. The van der Waals surface area contributed by atoms with Crippen LogP contribution in [0, 0.1) is 37.8 Å². The van der Waals surface area contributed by atoms with Gasteiger partial charge in [0.25, 0.3) is 0 Å². The minimum absolute atomic E-state index is 0.163. The van der Waals surface area contributed by atoms with Crippen LogP contribution in [0.3, 0.4) is 0 Å². The molecule has 0 atom stereocenters. The summed E-state index contributed by atoms with van der Waals surface area (Å²) in [6.07, 6.45) is 13.7. The Morgan fingerprint density at radius 2 is 1.39 bits per heavy atom. The molecule has 0 saturated carbocycles. The molecule has 0 fully saturated rings. The Kier molecular flexibility index (Phi) is 12.0. The van der Waals surface area contributed by atoms with E-state index in [1.807, 2.05) is 12.2 Å². The minimum Gasteiger partial charge on any atom is -0.273 e. The quantitative estimate of drug-likeness (QED) is 0.266. The van der Waals surface area contributed by atoms with E-state index in [-0.39, 0.29) is 10.8 Å². The van der Waals surface area contributed by atoms with E-state index in [0.717, 1.165) is 24.7 Å². The fourth-order valence-corrected chi connectivity index (χ4v) is 7.44. The summed E-state index contributed by atoms with van der Waals surface area (Å²) in [6.45, 7) is 27.4. The Hall–Kier alpha value is -1.33. The van der Waals surface area contributed by atoms with Gasteiger partial charge in [-0.25, -0.2) is 12.2 Å². The molecule has 0 nitrogen and oxygen atoms in total. The fourth-order valence-electron chi connectivity index (χ4n) is 5.43. The predicted molar refractivity (Wildman–Crippen MR) is 166 cm³/mol. The standard InChI is InChI=1S/C23H29.C9H18.C5H5.Zr/c1-14-9-16-11-17-10-15(2)21(23(6,7)8)13-19(17)18(16)12-20(14)22(3,4)5;1-8(2)6-5-7-9(3)4;1-2-4-5-3-1;/h9,12-13H,11H2,1-8H3;8-9H,6-7H2,1-4H3;1-3H,4H2;/q-1;;-1;+2. The Morgan fingerprint density at radius 1 is 0.842 bits per heavy atom. The number of fused-ring (bicyclic) bond motifs is 3. The van der Waals surface area contributed by atoms with Gasteiger partial charge in [-0.1, -0.05) is 71.6 Å². The Balaban J connectivity index is 0.000000278. The molecule has 0 aromatic heterocycles. The van der Waals surface area contributed by atoms with Gasteiger partial charge in [0.1, 0.15) is 0 Å². The van der Waals surface area contributed by atoms with Crippen molar-refractivity contribution in [3.8, 4) is 11.1 Å². The van der Waals surface area contributed by atoms with Crippen LogP contribution in [0.5, 0.6) is 0 Å². The molecule has 0 N–H and O–H groups in total. The maximum Gasteiger partial charge on any atom is -0.0129 e. The van der Waals surface area contributed by atoms with Gasteiger partial charge in [-0.05, 0) is 35.4 Å². The molecule has 2 aliphatic rings. The summed E-state index contributed by atoms with van der Waals surface area (Å²) in [5.74, 6) is 1.71. The summed E-state index contributed by atoms with van der Waals surface area (Å²) in [4.78, 5) is 0. The van der Waals surface area contributed by atoms with Gasteiger partial charge in [0.05, 0.1) is 0 Å². The Bertz CT molecular complexity index is 1070. The molecule has 2 aliphatic carbocycles. The first-order chi connectivity index (χ1) is 17.5. The van der Waals surface area contributed by atoms with Crippen LogP contribution >= 0.6 is 0 Å². The summed E-state index contributed by atoms with van der Waals surface area (Å²) >= 11 is 1.65. The van der Waals surface area contributed by atoms with Crippen LogP contribution in [-0.4, -0.2) is 3.21 Å². The van der Waals surface area contributed by atoms with Crippen LogP contribution in [0.25, 0.3) is 11.1 Å². The van der Waals surface area contributed by atoms with Gasteiger partial charge < -0.3 is 0 Å². The molecule has 0 saturated heterocycles. The molecule has 0 unspecified atom stereocenters. The third-order valence-corrected chi connectivity index (χ3v) is 7.98. The molecule has 4 rings (SSSR count). The van der Waals surface area contributed by atoms with Crippen LogP contribution < -0.4 is 0 Å². The van der Waals surface area contributed by atoms with Crippen molar-refractivity contribution in [2.75, 3.05) is 0 Å². The molecule has 0 aliphatic heterocycles. The van der Waals surface area contributed by atoms with Crippen molar-refractivity contribution >= 4 is 3.21 Å². The van der Waals surface area contributed by atoms with Crippen molar-refractivity contribution in [3.63, 3.8) is 0 Å². The third-order valence-electron chi connectivity index (χ3n) is 6.97. The van der Waals surface area contributed by atoms with E-state index < -0.39 is 0 Å². The van der Waals surface area contributed by atoms with E-state index in [4.69, 9.17) is 0 Å². The van der Waals surface area contributed by atoms with Gasteiger partial charge in [-0.15, -0.1) is 23.1 Å². The molecule has 0 heterocycles. The van der Waals surface area contributed by atoms with Crippen LogP contribution in [-0.2, 0) is 41.5 Å². The molecule has 204 valence electrons. The van der Waals surface area contributed by atoms with E-state index >= 15 is 0 Å². The molecule has 0 bridgehead atoms. The van der Waals surface area contributed by atoms with Gasteiger partial charge in [0, 0.05) is 0 Å². The zero-order chi connectivity index (χ0) is 28.8. The van der Waals surface area contributed by atoms with Crippen molar-refractivity contribution in [2.24, 2.45) is 11.8 Å². The number of benzene rings is 2. The predicted octanol–water partition coefficient (Wildman–Crippen LogP) is 10.4. The van der Waals surface area contributed by atoms with Crippen molar-refractivity contribution < 1.29 is 24.2 Å². The molecular formula is C37H52Zr. The zero-order valence-corrected chi connectivity index (χ0v) is 28.9. The van der Waals surface area contributed by atoms with Crippen molar-refractivity contribution in [1.29, 1.82) is 0 Å². The Morgan fingerprint density at radius 3 is 1.82 bits per heavy atom. The van der Waals surface area contributed by atoms with Gasteiger partial charge in [-0.3, -0.25) is 6.08 Å². The second-order valence-electron chi connectivity index (χ2n) is 14.0. The number of aryl methyl sites for hydroxylation is 2. The molecule has 0 amide bonds. The second kappa shape index (κ2) is 13.8. The number of allylic oxidation sites excluding steroid dienone is 4. The smallest absolute Gasteiger partial charge is 0.0129 e. The van der Waals surface area contributed by atoms with Crippen LogP contribution in [0.15, 0.2) is 36.4 Å². The normalized spacial score (nSPS) is 13.7. The SMILES string of the molecule is CC(C)C[C](=[Zr+2])CC(C)C.Cc1[c-]c2c(cc1C(C)(C)C)-c1cc(C(C)(C)C)c(C)cc1C2.[C-]1=CC=CC1. The Labute approximate surface area is 250 Å². The van der Waals surface area contributed by atoms with Gasteiger partial charge in [0.2, 0.25) is 0 Å². The monoisotopic (exact) mass is 586 g/mol. The maximum atomic E-state index is 3.69. The zero-order valence-electron chi connectivity index (χ0n) is 26.4.